The van der Waals surface area contributed by atoms with Gasteiger partial charge in [-0.15, -0.1) is 22.0 Å². The SMILES string of the molecule is CCCSc1cccc(C2=NCc3nnc(CCC)n3-c3cc(NC(=O)CC)ccc32)c1. The number of nitrogens with one attached hydrogen (secondary N) is 1. The zero-order chi connectivity index (χ0) is 22.5. The van der Waals surface area contributed by atoms with Crippen LogP contribution in [0.25, 0.3) is 5.69 Å². The molecule has 1 amide bonds. The number of hydrogen-bond donors (Lipinski definition) is 1. The predicted molar refractivity (Wildman–Crippen MR) is 131 cm³/mol. The molecule has 1 N–H and O–H groups in total. The average molecular weight is 448 g/mol. The van der Waals surface area contributed by atoms with Gasteiger partial charge in [0.1, 0.15) is 12.4 Å². The third-order valence-corrected chi connectivity index (χ3v) is 6.53. The van der Waals surface area contributed by atoms with Crippen molar-refractivity contribution in [2.24, 2.45) is 4.99 Å². The van der Waals surface area contributed by atoms with Crippen molar-refractivity contribution in [2.75, 3.05) is 11.1 Å². The number of amides is 1. The fourth-order valence-corrected chi connectivity index (χ4v) is 4.62. The number of hydrogen-bond acceptors (Lipinski definition) is 5. The van der Waals surface area contributed by atoms with Gasteiger partial charge < -0.3 is 5.32 Å². The number of benzene rings is 2. The third-order valence-electron chi connectivity index (χ3n) is 5.33. The number of rotatable bonds is 8. The van der Waals surface area contributed by atoms with Crippen LogP contribution >= 0.6 is 11.8 Å². The molecule has 3 aromatic rings. The molecule has 0 spiro atoms. The molecule has 1 aliphatic rings. The topological polar surface area (TPSA) is 72.2 Å². The fraction of sp³-hybridized carbons (Fsp3) is 0.360. The maximum Gasteiger partial charge on any atom is 0.224 e. The third kappa shape index (κ3) is 4.63. The molecule has 7 heteroatoms. The molecule has 0 unspecified atom stereocenters. The van der Waals surface area contributed by atoms with E-state index in [0.29, 0.717) is 13.0 Å². The van der Waals surface area contributed by atoms with E-state index < -0.39 is 0 Å². The van der Waals surface area contributed by atoms with Crippen molar-refractivity contribution in [3.8, 4) is 5.69 Å². The number of aliphatic imine (C=N–C) groups is 1. The zero-order valence-electron chi connectivity index (χ0n) is 18.9. The second-order valence-corrected chi connectivity index (χ2v) is 8.96. The van der Waals surface area contributed by atoms with Gasteiger partial charge in [0.25, 0.3) is 0 Å². The first-order chi connectivity index (χ1) is 15.6. The minimum absolute atomic E-state index is 0.00845. The van der Waals surface area contributed by atoms with Crippen molar-refractivity contribution < 1.29 is 4.79 Å². The highest BCUT2D eigenvalue weighted by Crippen LogP contribution is 2.30. The lowest BCUT2D eigenvalue weighted by Gasteiger charge is -2.16. The van der Waals surface area contributed by atoms with Gasteiger partial charge in [-0.25, -0.2) is 0 Å². The zero-order valence-corrected chi connectivity index (χ0v) is 19.7. The first kappa shape index (κ1) is 22.3. The maximum atomic E-state index is 12.0. The van der Waals surface area contributed by atoms with Crippen molar-refractivity contribution in [3.05, 3.63) is 65.2 Å². The van der Waals surface area contributed by atoms with Gasteiger partial charge in [-0.2, -0.15) is 0 Å². The summed E-state index contributed by atoms with van der Waals surface area (Å²) in [5.74, 6) is 2.83. The summed E-state index contributed by atoms with van der Waals surface area (Å²) in [7, 11) is 0. The highest BCUT2D eigenvalue weighted by molar-refractivity contribution is 7.99. The molecule has 2 aromatic carbocycles. The minimum Gasteiger partial charge on any atom is -0.326 e. The second-order valence-electron chi connectivity index (χ2n) is 7.79. The van der Waals surface area contributed by atoms with Crippen LogP contribution in [-0.4, -0.2) is 32.1 Å². The monoisotopic (exact) mass is 447 g/mol. The Balaban J connectivity index is 1.84. The van der Waals surface area contributed by atoms with E-state index in [9.17, 15) is 4.79 Å². The molecular formula is C25H29N5OS. The smallest absolute Gasteiger partial charge is 0.224 e. The van der Waals surface area contributed by atoms with Gasteiger partial charge in [0.05, 0.1) is 11.4 Å². The summed E-state index contributed by atoms with van der Waals surface area (Å²) in [5, 5.41) is 11.9. The van der Waals surface area contributed by atoms with Gasteiger partial charge in [0.15, 0.2) is 5.82 Å². The Labute approximate surface area is 193 Å². The molecule has 1 aromatic heterocycles. The van der Waals surface area contributed by atoms with Crippen LogP contribution in [0.4, 0.5) is 5.69 Å². The van der Waals surface area contributed by atoms with Crippen molar-refractivity contribution in [2.45, 2.75) is 57.9 Å². The normalized spacial score (nSPS) is 12.5. The summed E-state index contributed by atoms with van der Waals surface area (Å²) in [6, 6.07) is 14.6. The number of aryl methyl sites for hydroxylation is 1. The van der Waals surface area contributed by atoms with E-state index in [4.69, 9.17) is 4.99 Å². The Hall–Kier alpha value is -2.93. The lowest BCUT2D eigenvalue weighted by atomic mass is 9.99. The first-order valence-corrected chi connectivity index (χ1v) is 12.3. The molecule has 6 nitrogen and oxygen atoms in total. The van der Waals surface area contributed by atoms with E-state index in [2.05, 4.69) is 64.3 Å². The van der Waals surface area contributed by atoms with Crippen LogP contribution in [0, 0.1) is 0 Å². The van der Waals surface area contributed by atoms with Crippen LogP contribution in [-0.2, 0) is 17.8 Å². The maximum absolute atomic E-state index is 12.0. The van der Waals surface area contributed by atoms with Gasteiger partial charge >= 0.3 is 0 Å². The van der Waals surface area contributed by atoms with Gasteiger partial charge in [-0.1, -0.05) is 32.9 Å². The van der Waals surface area contributed by atoms with Crippen molar-refractivity contribution in [1.29, 1.82) is 0 Å². The molecule has 2 heterocycles. The molecule has 0 bridgehead atoms. The van der Waals surface area contributed by atoms with Gasteiger partial charge in [0.2, 0.25) is 5.91 Å². The van der Waals surface area contributed by atoms with Gasteiger partial charge in [-0.3, -0.25) is 14.4 Å². The largest absolute Gasteiger partial charge is 0.326 e. The van der Waals surface area contributed by atoms with Crippen LogP contribution in [0.3, 0.4) is 0 Å². The summed E-state index contributed by atoms with van der Waals surface area (Å²) in [4.78, 5) is 18.2. The van der Waals surface area contributed by atoms with Crippen molar-refractivity contribution in [1.82, 2.24) is 14.8 Å². The van der Waals surface area contributed by atoms with Crippen LogP contribution in [0.5, 0.6) is 0 Å². The van der Waals surface area contributed by atoms with Crippen LogP contribution in [0.2, 0.25) is 0 Å². The van der Waals surface area contributed by atoms with Crippen molar-refractivity contribution >= 4 is 29.1 Å². The molecule has 0 saturated carbocycles. The summed E-state index contributed by atoms with van der Waals surface area (Å²) in [5.41, 5.74) is 4.79. The van der Waals surface area contributed by atoms with E-state index in [-0.39, 0.29) is 5.91 Å². The Bertz CT molecular complexity index is 1150. The number of thioether (sulfide) groups is 1. The molecule has 0 saturated heterocycles. The molecule has 0 fully saturated rings. The second kappa shape index (κ2) is 10.1. The molecule has 1 aliphatic heterocycles. The lowest BCUT2D eigenvalue weighted by molar-refractivity contribution is -0.115. The molecule has 32 heavy (non-hydrogen) atoms. The van der Waals surface area contributed by atoms with Crippen LogP contribution in [0.15, 0.2) is 52.4 Å². The molecule has 0 radical (unpaired) electrons. The Morgan fingerprint density at radius 3 is 2.75 bits per heavy atom. The highest BCUT2D eigenvalue weighted by atomic mass is 32.2. The Kier molecular flexibility index (Phi) is 7.05. The fourth-order valence-electron chi connectivity index (χ4n) is 3.80. The summed E-state index contributed by atoms with van der Waals surface area (Å²) in [6.07, 6.45) is 3.38. The number of fused-ring (bicyclic) bond motifs is 3. The summed E-state index contributed by atoms with van der Waals surface area (Å²) in [6.45, 7) is 6.65. The molecule has 4 rings (SSSR count). The number of nitrogens with zero attached hydrogens (tertiary/aromatic N) is 4. The summed E-state index contributed by atoms with van der Waals surface area (Å²) >= 11 is 1.86. The molecular weight excluding hydrogens is 418 g/mol. The molecule has 0 atom stereocenters. The van der Waals surface area contributed by atoms with Crippen molar-refractivity contribution in [3.63, 3.8) is 0 Å². The van der Waals surface area contributed by atoms with E-state index in [1.54, 1.807) is 0 Å². The van der Waals surface area contributed by atoms with Gasteiger partial charge in [-0.05, 0) is 48.9 Å². The number of anilines is 1. The Morgan fingerprint density at radius 1 is 1.09 bits per heavy atom. The molecule has 166 valence electrons. The minimum atomic E-state index is -0.00845. The van der Waals surface area contributed by atoms with Gasteiger partial charge in [0, 0.05) is 34.6 Å². The van der Waals surface area contributed by atoms with E-state index in [1.807, 2.05) is 30.8 Å². The molecule has 0 aliphatic carbocycles. The Morgan fingerprint density at radius 2 is 1.97 bits per heavy atom. The van der Waals surface area contributed by atoms with E-state index in [0.717, 1.165) is 64.9 Å². The van der Waals surface area contributed by atoms with Crippen LogP contribution in [0.1, 0.15) is 62.8 Å². The quantitative estimate of drug-likeness (QED) is 0.468. The van der Waals surface area contributed by atoms with E-state index in [1.165, 1.54) is 4.90 Å². The average Bonchev–Trinajstić information content (AvgIpc) is 3.13. The predicted octanol–water partition coefficient (Wildman–Crippen LogP) is 5.42. The number of aromatic nitrogens is 3. The van der Waals surface area contributed by atoms with E-state index >= 15 is 0 Å². The first-order valence-electron chi connectivity index (χ1n) is 11.3. The highest BCUT2D eigenvalue weighted by Gasteiger charge is 2.23. The number of carbonyl (C=O) groups is 1. The number of carbonyl (C=O) groups excluding carboxylic acids is 1. The standard InChI is InChI=1S/C25H29N5OS/c1-4-8-22-28-29-23-16-26-25(17-9-7-10-19(14-17)32-13-5-2)20-12-11-18(27-24(31)6-3)15-21(20)30(22)23/h7,9-12,14-15H,4-6,8,13,16H2,1-3H3,(H,27,31). The summed E-state index contributed by atoms with van der Waals surface area (Å²) < 4.78 is 2.12. The lowest BCUT2D eigenvalue weighted by Crippen LogP contribution is -2.13. The van der Waals surface area contributed by atoms with Crippen LogP contribution < -0.4 is 5.32 Å².